The van der Waals surface area contributed by atoms with Crippen LogP contribution in [0.4, 0.5) is 5.69 Å². The summed E-state index contributed by atoms with van der Waals surface area (Å²) in [6.45, 7) is 0.0738. The van der Waals surface area contributed by atoms with Gasteiger partial charge in [-0.05, 0) is 18.2 Å². The van der Waals surface area contributed by atoms with Gasteiger partial charge in [-0.2, -0.15) is 0 Å². The molecule has 1 aromatic rings. The first-order valence-corrected chi connectivity index (χ1v) is 7.29. The van der Waals surface area contributed by atoms with Crippen LogP contribution in [0.3, 0.4) is 0 Å². The van der Waals surface area contributed by atoms with Crippen molar-refractivity contribution >= 4 is 21.4 Å². The second-order valence-corrected chi connectivity index (χ2v) is 6.10. The highest BCUT2D eigenvalue weighted by atomic mass is 32.2. The molecular weight excluding hydrogens is 256 g/mol. The maximum absolute atomic E-state index is 11.7. The first-order valence-electron chi connectivity index (χ1n) is 5.23. The number of nitrogens with two attached hydrogens (primary N) is 1. The summed E-state index contributed by atoms with van der Waals surface area (Å²) in [6, 6.07) is 4.61. The van der Waals surface area contributed by atoms with Crippen molar-refractivity contribution in [1.29, 1.82) is 0 Å². The second-order valence-electron chi connectivity index (χ2n) is 3.84. The number of nitrogen functional groups attached to an aromatic ring is 1. The monoisotopic (exact) mass is 272 g/mol. The van der Waals surface area contributed by atoms with Gasteiger partial charge in [-0.3, -0.25) is 4.79 Å². The average Bonchev–Trinajstić information content (AvgIpc) is 2.27. The summed E-state index contributed by atoms with van der Waals surface area (Å²) in [5.74, 6) is -0.0482. The SMILES string of the molecule is COc1cc(C(=O)NCCS(C)(=O)=O)ccc1N. The smallest absolute Gasteiger partial charge is 0.251 e. The summed E-state index contributed by atoms with van der Waals surface area (Å²) >= 11 is 0. The van der Waals surface area contributed by atoms with E-state index in [4.69, 9.17) is 10.5 Å². The van der Waals surface area contributed by atoms with Crippen LogP contribution in [-0.2, 0) is 9.84 Å². The molecule has 0 saturated heterocycles. The van der Waals surface area contributed by atoms with Crippen LogP contribution < -0.4 is 15.8 Å². The van der Waals surface area contributed by atoms with Gasteiger partial charge in [-0.1, -0.05) is 0 Å². The quantitative estimate of drug-likeness (QED) is 0.738. The number of carbonyl (C=O) groups excluding carboxylic acids is 1. The zero-order valence-electron chi connectivity index (χ0n) is 10.3. The Balaban J connectivity index is 2.67. The Labute approximate surface area is 106 Å². The molecule has 0 unspecified atom stereocenters. The third kappa shape index (κ3) is 4.25. The molecule has 0 radical (unpaired) electrons. The van der Waals surface area contributed by atoms with Crippen LogP contribution in [0.5, 0.6) is 5.75 Å². The van der Waals surface area contributed by atoms with E-state index in [1.807, 2.05) is 0 Å². The lowest BCUT2D eigenvalue weighted by atomic mass is 10.2. The third-order valence-electron chi connectivity index (χ3n) is 2.25. The molecular formula is C11H16N2O4S. The van der Waals surface area contributed by atoms with E-state index in [1.165, 1.54) is 13.2 Å². The number of anilines is 1. The van der Waals surface area contributed by atoms with Gasteiger partial charge in [0.05, 0.1) is 18.6 Å². The van der Waals surface area contributed by atoms with Crippen molar-refractivity contribution in [1.82, 2.24) is 5.32 Å². The van der Waals surface area contributed by atoms with Crippen molar-refractivity contribution in [2.24, 2.45) is 0 Å². The van der Waals surface area contributed by atoms with E-state index < -0.39 is 9.84 Å². The molecule has 0 atom stereocenters. The van der Waals surface area contributed by atoms with Gasteiger partial charge in [0.1, 0.15) is 15.6 Å². The normalized spacial score (nSPS) is 11.0. The summed E-state index contributed by atoms with van der Waals surface area (Å²) in [7, 11) is -1.63. The number of methoxy groups -OCH3 is 1. The van der Waals surface area contributed by atoms with E-state index in [9.17, 15) is 13.2 Å². The number of benzene rings is 1. The van der Waals surface area contributed by atoms with Gasteiger partial charge < -0.3 is 15.8 Å². The van der Waals surface area contributed by atoms with Crippen LogP contribution >= 0.6 is 0 Å². The minimum Gasteiger partial charge on any atom is -0.495 e. The van der Waals surface area contributed by atoms with Crippen LogP contribution in [0, 0.1) is 0 Å². The highest BCUT2D eigenvalue weighted by Crippen LogP contribution is 2.21. The van der Waals surface area contributed by atoms with E-state index in [0.717, 1.165) is 6.26 Å². The lowest BCUT2D eigenvalue weighted by Crippen LogP contribution is -2.28. The number of hydrogen-bond acceptors (Lipinski definition) is 5. The van der Waals surface area contributed by atoms with Crippen molar-refractivity contribution < 1.29 is 17.9 Å². The topological polar surface area (TPSA) is 98.5 Å². The van der Waals surface area contributed by atoms with Crippen LogP contribution in [-0.4, -0.2) is 40.0 Å². The Morgan fingerprint density at radius 2 is 2.11 bits per heavy atom. The fourth-order valence-electron chi connectivity index (χ4n) is 1.30. The van der Waals surface area contributed by atoms with Gasteiger partial charge in [-0.15, -0.1) is 0 Å². The second kappa shape index (κ2) is 5.72. The first-order chi connectivity index (χ1) is 8.33. The molecule has 0 spiro atoms. The van der Waals surface area contributed by atoms with Gasteiger partial charge in [0.2, 0.25) is 0 Å². The molecule has 1 rings (SSSR count). The van der Waals surface area contributed by atoms with Crippen molar-refractivity contribution in [2.45, 2.75) is 0 Å². The number of amides is 1. The summed E-state index contributed by atoms with van der Waals surface area (Å²) in [6.07, 6.45) is 1.12. The van der Waals surface area contributed by atoms with Gasteiger partial charge >= 0.3 is 0 Å². The van der Waals surface area contributed by atoms with E-state index in [-0.39, 0.29) is 18.2 Å². The van der Waals surface area contributed by atoms with Crippen LogP contribution in [0.2, 0.25) is 0 Å². The van der Waals surface area contributed by atoms with E-state index >= 15 is 0 Å². The number of carbonyl (C=O) groups is 1. The van der Waals surface area contributed by atoms with Gasteiger partial charge in [0.25, 0.3) is 5.91 Å². The molecule has 0 heterocycles. The van der Waals surface area contributed by atoms with Crippen molar-refractivity contribution in [2.75, 3.05) is 31.4 Å². The molecule has 0 aromatic heterocycles. The molecule has 7 heteroatoms. The summed E-state index contributed by atoms with van der Waals surface area (Å²) < 4.78 is 26.8. The Hall–Kier alpha value is -1.76. The molecule has 0 aliphatic heterocycles. The number of rotatable bonds is 5. The van der Waals surface area contributed by atoms with Crippen molar-refractivity contribution in [3.05, 3.63) is 23.8 Å². The molecule has 100 valence electrons. The Morgan fingerprint density at radius 1 is 1.44 bits per heavy atom. The predicted octanol–water partition coefficient (Wildman–Crippen LogP) is 0.0518. The number of sulfone groups is 1. The molecule has 1 aromatic carbocycles. The summed E-state index contributed by atoms with van der Waals surface area (Å²) in [5, 5.41) is 2.51. The van der Waals surface area contributed by atoms with E-state index in [2.05, 4.69) is 5.32 Å². The highest BCUT2D eigenvalue weighted by Gasteiger charge is 2.09. The molecule has 18 heavy (non-hydrogen) atoms. The predicted molar refractivity (Wildman–Crippen MR) is 69.5 cm³/mol. The van der Waals surface area contributed by atoms with E-state index in [1.54, 1.807) is 12.1 Å². The Bertz CT molecular complexity index is 540. The van der Waals surface area contributed by atoms with Crippen LogP contribution in [0.15, 0.2) is 18.2 Å². The molecule has 0 fully saturated rings. The Morgan fingerprint density at radius 3 is 2.67 bits per heavy atom. The third-order valence-corrected chi connectivity index (χ3v) is 3.20. The summed E-state index contributed by atoms with van der Waals surface area (Å²) in [4.78, 5) is 11.7. The Kier molecular flexibility index (Phi) is 4.55. The largest absolute Gasteiger partial charge is 0.495 e. The zero-order valence-corrected chi connectivity index (χ0v) is 11.1. The molecule has 0 bridgehead atoms. The minimum atomic E-state index is -3.08. The fourth-order valence-corrected chi connectivity index (χ4v) is 1.78. The lowest BCUT2D eigenvalue weighted by Gasteiger charge is -2.08. The van der Waals surface area contributed by atoms with Crippen molar-refractivity contribution in [3.8, 4) is 5.75 Å². The van der Waals surface area contributed by atoms with Crippen LogP contribution in [0.1, 0.15) is 10.4 Å². The lowest BCUT2D eigenvalue weighted by molar-refractivity contribution is 0.0956. The standard InChI is InChI=1S/C11H16N2O4S/c1-17-10-7-8(3-4-9(10)12)11(14)13-5-6-18(2,15)16/h3-4,7H,5-6,12H2,1-2H3,(H,13,14). The number of nitrogens with one attached hydrogen (secondary N) is 1. The molecule has 1 amide bonds. The first kappa shape index (κ1) is 14.3. The molecule has 3 N–H and O–H groups in total. The summed E-state index contributed by atoms with van der Waals surface area (Å²) in [5.41, 5.74) is 6.43. The fraction of sp³-hybridized carbons (Fsp3) is 0.364. The van der Waals surface area contributed by atoms with E-state index in [0.29, 0.717) is 17.0 Å². The molecule has 0 aliphatic carbocycles. The molecule has 6 nitrogen and oxygen atoms in total. The van der Waals surface area contributed by atoms with Gasteiger partial charge in [0, 0.05) is 18.4 Å². The molecule has 0 saturated carbocycles. The van der Waals surface area contributed by atoms with Gasteiger partial charge in [0.15, 0.2) is 0 Å². The van der Waals surface area contributed by atoms with Crippen LogP contribution in [0.25, 0.3) is 0 Å². The zero-order chi connectivity index (χ0) is 13.8. The average molecular weight is 272 g/mol. The van der Waals surface area contributed by atoms with Crippen molar-refractivity contribution in [3.63, 3.8) is 0 Å². The maximum Gasteiger partial charge on any atom is 0.251 e. The number of ether oxygens (including phenoxy) is 1. The maximum atomic E-state index is 11.7. The highest BCUT2D eigenvalue weighted by molar-refractivity contribution is 7.90. The molecule has 0 aliphatic rings. The number of hydrogen-bond donors (Lipinski definition) is 2. The van der Waals surface area contributed by atoms with Gasteiger partial charge in [-0.25, -0.2) is 8.42 Å². The minimum absolute atomic E-state index is 0.0738.